The van der Waals surface area contributed by atoms with E-state index in [2.05, 4.69) is 23.2 Å². The Kier molecular flexibility index (Phi) is 3.44. The van der Waals surface area contributed by atoms with E-state index in [1.54, 1.807) is 18.2 Å². The van der Waals surface area contributed by atoms with Gasteiger partial charge in [0.25, 0.3) is 0 Å². The van der Waals surface area contributed by atoms with Crippen LogP contribution in [0.1, 0.15) is 21.5 Å². The van der Waals surface area contributed by atoms with Crippen LogP contribution in [0.3, 0.4) is 0 Å². The van der Waals surface area contributed by atoms with E-state index in [0.717, 1.165) is 21.8 Å². The molecular weight excluding hydrogens is 310 g/mol. The molecule has 4 rings (SSSR count). The summed E-state index contributed by atoms with van der Waals surface area (Å²) in [5.74, 6) is -0.928. The molecule has 0 aliphatic carbocycles. The van der Waals surface area contributed by atoms with Crippen LogP contribution in [-0.2, 0) is 18.0 Å². The van der Waals surface area contributed by atoms with Crippen molar-refractivity contribution in [1.82, 2.24) is 4.98 Å². The van der Waals surface area contributed by atoms with Crippen molar-refractivity contribution in [3.05, 3.63) is 64.5 Å². The van der Waals surface area contributed by atoms with Gasteiger partial charge in [0.1, 0.15) is 5.01 Å². The molecule has 0 bridgehead atoms. The van der Waals surface area contributed by atoms with Crippen LogP contribution in [0.5, 0.6) is 0 Å². The van der Waals surface area contributed by atoms with Crippen LogP contribution in [0, 0.1) is 0 Å². The van der Waals surface area contributed by atoms with Crippen molar-refractivity contribution in [3.63, 3.8) is 0 Å². The van der Waals surface area contributed by atoms with Crippen LogP contribution in [0.4, 0.5) is 0 Å². The van der Waals surface area contributed by atoms with Crippen LogP contribution in [0.2, 0.25) is 0 Å². The van der Waals surface area contributed by atoms with Crippen LogP contribution in [-0.4, -0.2) is 16.1 Å². The van der Waals surface area contributed by atoms with Gasteiger partial charge in [-0.05, 0) is 29.3 Å². The quantitative estimate of drug-likeness (QED) is 0.784. The second kappa shape index (κ2) is 5.61. The van der Waals surface area contributed by atoms with Crippen LogP contribution in [0.15, 0.2) is 47.8 Å². The Morgan fingerprint density at radius 2 is 1.96 bits per heavy atom. The van der Waals surface area contributed by atoms with Gasteiger partial charge in [0.05, 0.1) is 24.5 Å². The number of hydrogen-bond donors (Lipinski definition) is 1. The first-order valence-electron chi connectivity index (χ1n) is 7.20. The van der Waals surface area contributed by atoms with E-state index in [1.807, 2.05) is 11.4 Å². The minimum absolute atomic E-state index is 0.272. The molecule has 1 aliphatic heterocycles. The van der Waals surface area contributed by atoms with Gasteiger partial charge in [-0.15, -0.1) is 11.3 Å². The largest absolute Gasteiger partial charge is 0.478 e. The van der Waals surface area contributed by atoms with E-state index < -0.39 is 5.97 Å². The number of carbonyl (C=O) groups is 1. The van der Waals surface area contributed by atoms with Crippen molar-refractivity contribution < 1.29 is 14.6 Å². The van der Waals surface area contributed by atoms with Gasteiger partial charge >= 0.3 is 5.97 Å². The number of aromatic carboxylic acids is 1. The summed E-state index contributed by atoms with van der Waals surface area (Å²) in [7, 11) is 0. The smallest absolute Gasteiger partial charge is 0.335 e. The highest BCUT2D eigenvalue weighted by Crippen LogP contribution is 2.31. The number of thiazole rings is 1. The van der Waals surface area contributed by atoms with E-state index in [-0.39, 0.29) is 5.56 Å². The number of carboxylic acids is 1. The molecule has 0 spiro atoms. The molecule has 0 unspecified atom stereocenters. The van der Waals surface area contributed by atoms with Gasteiger partial charge in [0.2, 0.25) is 0 Å². The predicted molar refractivity (Wildman–Crippen MR) is 88.4 cm³/mol. The second-order valence-electron chi connectivity index (χ2n) is 5.40. The SMILES string of the molecule is O=C(O)c1cccc(-c2nc(-c3ccc4c(c3)COC4)cs2)c1. The first-order chi connectivity index (χ1) is 11.2. The minimum Gasteiger partial charge on any atom is -0.478 e. The van der Waals surface area contributed by atoms with E-state index in [0.29, 0.717) is 13.2 Å². The number of aromatic nitrogens is 1. The van der Waals surface area contributed by atoms with Gasteiger partial charge in [-0.2, -0.15) is 0 Å². The van der Waals surface area contributed by atoms with Crippen molar-refractivity contribution in [2.45, 2.75) is 13.2 Å². The molecule has 5 heteroatoms. The van der Waals surface area contributed by atoms with E-state index in [1.165, 1.54) is 22.5 Å². The molecule has 3 aromatic rings. The molecule has 2 aromatic carbocycles. The first-order valence-corrected chi connectivity index (χ1v) is 8.08. The fraction of sp³-hybridized carbons (Fsp3) is 0.111. The van der Waals surface area contributed by atoms with E-state index in [9.17, 15) is 4.79 Å². The molecule has 2 heterocycles. The van der Waals surface area contributed by atoms with Gasteiger partial charge in [-0.1, -0.05) is 24.3 Å². The summed E-state index contributed by atoms with van der Waals surface area (Å²) in [4.78, 5) is 15.8. The third kappa shape index (κ3) is 2.65. The van der Waals surface area contributed by atoms with Gasteiger partial charge in [0.15, 0.2) is 0 Å². The summed E-state index contributed by atoms with van der Waals surface area (Å²) in [6.07, 6.45) is 0. The highest BCUT2D eigenvalue weighted by Gasteiger charge is 2.14. The Hall–Kier alpha value is -2.50. The molecule has 0 saturated carbocycles. The van der Waals surface area contributed by atoms with Crippen molar-refractivity contribution in [3.8, 4) is 21.8 Å². The van der Waals surface area contributed by atoms with Gasteiger partial charge in [-0.25, -0.2) is 9.78 Å². The molecule has 0 fully saturated rings. The number of ether oxygens (including phenoxy) is 1. The zero-order valence-electron chi connectivity index (χ0n) is 12.2. The maximum atomic E-state index is 11.1. The van der Waals surface area contributed by atoms with Crippen molar-refractivity contribution in [2.24, 2.45) is 0 Å². The topological polar surface area (TPSA) is 59.4 Å². The predicted octanol–water partition coefficient (Wildman–Crippen LogP) is 4.21. The van der Waals surface area contributed by atoms with Crippen LogP contribution < -0.4 is 0 Å². The second-order valence-corrected chi connectivity index (χ2v) is 6.26. The molecule has 4 nitrogen and oxygen atoms in total. The molecule has 0 amide bonds. The summed E-state index contributed by atoms with van der Waals surface area (Å²) >= 11 is 1.52. The summed E-state index contributed by atoms with van der Waals surface area (Å²) in [6.45, 7) is 1.33. The number of hydrogen-bond acceptors (Lipinski definition) is 4. The lowest BCUT2D eigenvalue weighted by atomic mass is 10.1. The number of carboxylic acid groups (broad SMARTS) is 1. The fourth-order valence-electron chi connectivity index (χ4n) is 2.66. The molecule has 23 heavy (non-hydrogen) atoms. The standard InChI is InChI=1S/C18H13NO3S/c20-18(21)13-3-1-2-12(7-13)17-19-16(10-23-17)11-4-5-14-8-22-9-15(14)6-11/h1-7,10H,8-9H2,(H,20,21). The molecule has 1 N–H and O–H groups in total. The third-order valence-electron chi connectivity index (χ3n) is 3.88. The Morgan fingerprint density at radius 3 is 2.83 bits per heavy atom. The maximum Gasteiger partial charge on any atom is 0.335 e. The zero-order chi connectivity index (χ0) is 15.8. The average Bonchev–Trinajstić information content (AvgIpc) is 3.23. The monoisotopic (exact) mass is 323 g/mol. The zero-order valence-corrected chi connectivity index (χ0v) is 13.0. The lowest BCUT2D eigenvalue weighted by Gasteiger charge is -2.01. The highest BCUT2D eigenvalue weighted by molar-refractivity contribution is 7.13. The average molecular weight is 323 g/mol. The number of rotatable bonds is 3. The highest BCUT2D eigenvalue weighted by atomic mass is 32.1. The Balaban J connectivity index is 1.69. The Bertz CT molecular complexity index is 901. The molecule has 0 saturated heterocycles. The van der Waals surface area contributed by atoms with E-state index in [4.69, 9.17) is 9.84 Å². The Labute approximate surface area is 137 Å². The molecule has 114 valence electrons. The van der Waals surface area contributed by atoms with E-state index >= 15 is 0 Å². The normalized spacial score (nSPS) is 13.0. The van der Waals surface area contributed by atoms with Crippen LogP contribution in [0.25, 0.3) is 21.8 Å². The van der Waals surface area contributed by atoms with Gasteiger partial charge in [-0.3, -0.25) is 0 Å². The lowest BCUT2D eigenvalue weighted by Crippen LogP contribution is -1.95. The van der Waals surface area contributed by atoms with Crippen molar-refractivity contribution in [2.75, 3.05) is 0 Å². The van der Waals surface area contributed by atoms with Crippen molar-refractivity contribution in [1.29, 1.82) is 0 Å². The van der Waals surface area contributed by atoms with Gasteiger partial charge < -0.3 is 9.84 Å². The van der Waals surface area contributed by atoms with Gasteiger partial charge in [0, 0.05) is 16.5 Å². The molecule has 0 atom stereocenters. The first kappa shape index (κ1) is 14.1. The summed E-state index contributed by atoms with van der Waals surface area (Å²) in [6, 6.07) is 13.1. The molecule has 1 aliphatic rings. The number of benzene rings is 2. The molecular formula is C18H13NO3S. The third-order valence-corrected chi connectivity index (χ3v) is 4.77. The minimum atomic E-state index is -0.928. The fourth-order valence-corrected chi connectivity index (χ4v) is 3.48. The van der Waals surface area contributed by atoms with Crippen LogP contribution >= 0.6 is 11.3 Å². The maximum absolute atomic E-state index is 11.1. The number of nitrogens with zero attached hydrogens (tertiary/aromatic N) is 1. The summed E-state index contributed by atoms with van der Waals surface area (Å²) in [5, 5.41) is 11.9. The van der Waals surface area contributed by atoms with Crippen molar-refractivity contribution >= 4 is 17.3 Å². The molecule has 1 aromatic heterocycles. The number of fused-ring (bicyclic) bond motifs is 1. The lowest BCUT2D eigenvalue weighted by molar-refractivity contribution is 0.0697. The summed E-state index contributed by atoms with van der Waals surface area (Å²) in [5.41, 5.74) is 5.51. The Morgan fingerprint density at radius 1 is 1.09 bits per heavy atom. The molecule has 0 radical (unpaired) electrons. The summed E-state index contributed by atoms with van der Waals surface area (Å²) < 4.78 is 5.44.